The number of benzene rings is 2. The van der Waals surface area contributed by atoms with Crippen LogP contribution in [0.15, 0.2) is 53.4 Å². The minimum absolute atomic E-state index is 0.0416. The van der Waals surface area contributed by atoms with Crippen LogP contribution in [-0.4, -0.2) is 14.2 Å². The third-order valence-electron chi connectivity index (χ3n) is 3.06. The van der Waals surface area contributed by atoms with Crippen molar-refractivity contribution in [2.24, 2.45) is 5.73 Å². The molecule has 0 heterocycles. The van der Waals surface area contributed by atoms with Gasteiger partial charge in [0.2, 0.25) is 0 Å². The van der Waals surface area contributed by atoms with Crippen molar-refractivity contribution >= 4 is 9.84 Å². The second-order valence-corrected chi connectivity index (χ2v) is 6.79. The summed E-state index contributed by atoms with van der Waals surface area (Å²) in [5.74, 6) is -0.825. The summed E-state index contributed by atoms with van der Waals surface area (Å²) in [4.78, 5) is -0.0416. The molecule has 0 aromatic heterocycles. The van der Waals surface area contributed by atoms with Crippen molar-refractivity contribution in [2.75, 3.05) is 5.75 Å². The lowest BCUT2D eigenvalue weighted by Crippen LogP contribution is -2.22. The Morgan fingerprint density at radius 2 is 1.80 bits per heavy atom. The SMILES string of the molecule is Cc1ccc(C(N)CS(=O)(=O)c2cccc(F)c2)cc1. The first kappa shape index (κ1) is 14.7. The molecule has 3 nitrogen and oxygen atoms in total. The minimum atomic E-state index is -3.61. The highest BCUT2D eigenvalue weighted by molar-refractivity contribution is 7.91. The monoisotopic (exact) mass is 293 g/mol. The first-order valence-electron chi connectivity index (χ1n) is 6.19. The van der Waals surface area contributed by atoms with E-state index in [2.05, 4.69) is 0 Å². The molecule has 0 aliphatic heterocycles. The van der Waals surface area contributed by atoms with Crippen molar-refractivity contribution in [3.63, 3.8) is 0 Å². The third-order valence-corrected chi connectivity index (χ3v) is 4.83. The van der Waals surface area contributed by atoms with Crippen molar-refractivity contribution in [3.05, 3.63) is 65.5 Å². The molecular weight excluding hydrogens is 277 g/mol. The van der Waals surface area contributed by atoms with Gasteiger partial charge in [-0.15, -0.1) is 0 Å². The van der Waals surface area contributed by atoms with Gasteiger partial charge in [-0.3, -0.25) is 0 Å². The van der Waals surface area contributed by atoms with Crippen LogP contribution in [0.25, 0.3) is 0 Å². The number of aryl methyl sites for hydroxylation is 1. The number of nitrogens with two attached hydrogens (primary N) is 1. The maximum Gasteiger partial charge on any atom is 0.180 e. The average Bonchev–Trinajstić information content (AvgIpc) is 2.39. The number of hydrogen-bond acceptors (Lipinski definition) is 3. The molecule has 2 aromatic rings. The Morgan fingerprint density at radius 3 is 2.40 bits per heavy atom. The van der Waals surface area contributed by atoms with Crippen molar-refractivity contribution in [1.82, 2.24) is 0 Å². The highest BCUT2D eigenvalue weighted by Crippen LogP contribution is 2.19. The molecule has 20 heavy (non-hydrogen) atoms. The van der Waals surface area contributed by atoms with Gasteiger partial charge in [0.15, 0.2) is 9.84 Å². The molecule has 0 fully saturated rings. The number of sulfone groups is 1. The Labute approximate surface area is 118 Å². The molecule has 0 aliphatic rings. The van der Waals surface area contributed by atoms with E-state index in [1.807, 2.05) is 19.1 Å². The van der Waals surface area contributed by atoms with E-state index >= 15 is 0 Å². The lowest BCUT2D eigenvalue weighted by molar-refractivity contribution is 0.584. The average molecular weight is 293 g/mol. The molecule has 2 aromatic carbocycles. The maximum absolute atomic E-state index is 13.1. The van der Waals surface area contributed by atoms with Gasteiger partial charge in [-0.05, 0) is 30.7 Å². The fourth-order valence-corrected chi connectivity index (χ4v) is 3.34. The largest absolute Gasteiger partial charge is 0.323 e. The third kappa shape index (κ3) is 3.43. The Morgan fingerprint density at radius 1 is 1.15 bits per heavy atom. The van der Waals surface area contributed by atoms with E-state index in [1.165, 1.54) is 18.2 Å². The second-order valence-electron chi connectivity index (χ2n) is 4.76. The Kier molecular flexibility index (Phi) is 4.20. The molecule has 0 bridgehead atoms. The van der Waals surface area contributed by atoms with Crippen molar-refractivity contribution in [2.45, 2.75) is 17.9 Å². The van der Waals surface area contributed by atoms with E-state index in [9.17, 15) is 12.8 Å². The van der Waals surface area contributed by atoms with Crippen LogP contribution in [0.1, 0.15) is 17.2 Å². The summed E-state index contributed by atoms with van der Waals surface area (Å²) >= 11 is 0. The molecular formula is C15H16FNO2S. The highest BCUT2D eigenvalue weighted by atomic mass is 32.2. The van der Waals surface area contributed by atoms with Crippen molar-refractivity contribution in [1.29, 1.82) is 0 Å². The Balaban J connectivity index is 2.22. The van der Waals surface area contributed by atoms with Crippen molar-refractivity contribution in [3.8, 4) is 0 Å². The summed E-state index contributed by atoms with van der Waals surface area (Å²) in [6, 6.07) is 11.7. The fourth-order valence-electron chi connectivity index (χ4n) is 1.90. The molecule has 2 rings (SSSR count). The summed E-state index contributed by atoms with van der Waals surface area (Å²) in [6.45, 7) is 1.94. The van der Waals surface area contributed by atoms with Gasteiger partial charge in [-0.2, -0.15) is 0 Å². The number of rotatable bonds is 4. The molecule has 5 heteroatoms. The quantitative estimate of drug-likeness (QED) is 0.942. The van der Waals surface area contributed by atoms with Gasteiger partial charge in [0, 0.05) is 6.04 Å². The summed E-state index contributed by atoms with van der Waals surface area (Å²) in [6.07, 6.45) is 0. The van der Waals surface area contributed by atoms with Gasteiger partial charge >= 0.3 is 0 Å². The zero-order valence-corrected chi connectivity index (χ0v) is 11.9. The molecule has 2 N–H and O–H groups in total. The van der Waals surface area contributed by atoms with Gasteiger partial charge in [-0.25, -0.2) is 12.8 Å². The van der Waals surface area contributed by atoms with Crippen LogP contribution >= 0.6 is 0 Å². The normalized spacial score (nSPS) is 13.2. The van der Waals surface area contributed by atoms with Crippen LogP contribution in [0.5, 0.6) is 0 Å². The Hall–Kier alpha value is -1.72. The van der Waals surface area contributed by atoms with E-state index in [4.69, 9.17) is 5.73 Å². The molecule has 0 spiro atoms. The van der Waals surface area contributed by atoms with E-state index in [1.54, 1.807) is 12.1 Å². The molecule has 106 valence electrons. The topological polar surface area (TPSA) is 60.2 Å². The Bertz CT molecular complexity index is 696. The predicted octanol–water partition coefficient (Wildman–Crippen LogP) is 2.61. The predicted molar refractivity (Wildman–Crippen MR) is 76.6 cm³/mol. The molecule has 0 saturated heterocycles. The summed E-state index contributed by atoms with van der Waals surface area (Å²) in [5, 5.41) is 0. The molecule has 0 radical (unpaired) electrons. The van der Waals surface area contributed by atoms with Crippen LogP contribution < -0.4 is 5.73 Å². The van der Waals surface area contributed by atoms with Crippen LogP contribution in [0.2, 0.25) is 0 Å². The fraction of sp³-hybridized carbons (Fsp3) is 0.200. The van der Waals surface area contributed by atoms with Gasteiger partial charge in [0.05, 0.1) is 10.6 Å². The van der Waals surface area contributed by atoms with Gasteiger partial charge < -0.3 is 5.73 Å². The van der Waals surface area contributed by atoms with Gasteiger partial charge in [0.25, 0.3) is 0 Å². The summed E-state index contributed by atoms with van der Waals surface area (Å²) in [5.41, 5.74) is 7.76. The van der Waals surface area contributed by atoms with Crippen LogP contribution in [0.4, 0.5) is 4.39 Å². The first-order valence-corrected chi connectivity index (χ1v) is 7.84. The van der Waals surface area contributed by atoms with Crippen molar-refractivity contribution < 1.29 is 12.8 Å². The zero-order chi connectivity index (χ0) is 14.8. The molecule has 1 unspecified atom stereocenters. The van der Waals surface area contributed by atoms with E-state index in [0.717, 1.165) is 17.2 Å². The standard InChI is InChI=1S/C15H16FNO2S/c1-11-5-7-12(8-6-11)15(17)10-20(18,19)14-4-2-3-13(16)9-14/h2-9,15H,10,17H2,1H3. The maximum atomic E-state index is 13.1. The van der Waals surface area contributed by atoms with Gasteiger partial charge in [-0.1, -0.05) is 35.9 Å². The summed E-state index contributed by atoms with van der Waals surface area (Å²) < 4.78 is 37.5. The molecule has 1 atom stereocenters. The summed E-state index contributed by atoms with van der Waals surface area (Å²) in [7, 11) is -3.61. The second kappa shape index (κ2) is 5.73. The van der Waals surface area contributed by atoms with Crippen LogP contribution in [-0.2, 0) is 9.84 Å². The van der Waals surface area contributed by atoms with E-state index in [0.29, 0.717) is 0 Å². The molecule has 0 amide bonds. The highest BCUT2D eigenvalue weighted by Gasteiger charge is 2.20. The number of halogens is 1. The first-order chi connectivity index (χ1) is 9.38. The van der Waals surface area contributed by atoms with E-state index < -0.39 is 21.7 Å². The van der Waals surface area contributed by atoms with E-state index in [-0.39, 0.29) is 10.6 Å². The number of hydrogen-bond donors (Lipinski definition) is 1. The smallest absolute Gasteiger partial charge is 0.180 e. The lowest BCUT2D eigenvalue weighted by atomic mass is 10.1. The lowest BCUT2D eigenvalue weighted by Gasteiger charge is -2.13. The van der Waals surface area contributed by atoms with Crippen LogP contribution in [0.3, 0.4) is 0 Å². The van der Waals surface area contributed by atoms with Crippen LogP contribution in [0, 0.1) is 12.7 Å². The zero-order valence-electron chi connectivity index (χ0n) is 11.1. The van der Waals surface area contributed by atoms with Gasteiger partial charge in [0.1, 0.15) is 5.82 Å². The molecule has 0 aliphatic carbocycles. The molecule has 0 saturated carbocycles. The minimum Gasteiger partial charge on any atom is -0.323 e.